The SMILES string of the molecule is C=C(O)c1ccc(CN2CCC(CCC3CC34CCc3ccccc34)CC2)cc1. The van der Waals surface area contributed by atoms with E-state index in [1.54, 1.807) is 11.1 Å². The first kappa shape index (κ1) is 18.9. The Hall–Kier alpha value is -2.06. The number of hydrogen-bond donors (Lipinski definition) is 1. The average Bonchev–Trinajstić information content (AvgIpc) is 3.33. The molecule has 2 fully saturated rings. The summed E-state index contributed by atoms with van der Waals surface area (Å²) in [4.78, 5) is 2.59. The lowest BCUT2D eigenvalue weighted by molar-refractivity contribution is 0.169. The number of likely N-dealkylation sites (tertiary alicyclic amines) is 1. The van der Waals surface area contributed by atoms with Crippen molar-refractivity contribution < 1.29 is 5.11 Å². The zero-order chi connectivity index (χ0) is 19.8. The quantitative estimate of drug-likeness (QED) is 0.604. The second-order valence-electron chi connectivity index (χ2n) is 9.65. The van der Waals surface area contributed by atoms with Crippen LogP contribution in [-0.4, -0.2) is 23.1 Å². The highest BCUT2D eigenvalue weighted by atomic mass is 16.3. The van der Waals surface area contributed by atoms with Crippen LogP contribution in [0.4, 0.5) is 0 Å². The maximum atomic E-state index is 9.47. The van der Waals surface area contributed by atoms with Gasteiger partial charge in [0, 0.05) is 12.1 Å². The van der Waals surface area contributed by atoms with Crippen molar-refractivity contribution >= 4 is 5.76 Å². The smallest absolute Gasteiger partial charge is 0.115 e. The molecule has 2 aromatic rings. The number of rotatable bonds is 6. The molecular formula is C27H33NO. The van der Waals surface area contributed by atoms with Crippen LogP contribution in [0.25, 0.3) is 5.76 Å². The Morgan fingerprint density at radius 2 is 1.79 bits per heavy atom. The van der Waals surface area contributed by atoms with Crippen molar-refractivity contribution in [2.75, 3.05) is 13.1 Å². The minimum absolute atomic E-state index is 0.149. The minimum Gasteiger partial charge on any atom is -0.508 e. The molecule has 2 atom stereocenters. The van der Waals surface area contributed by atoms with Gasteiger partial charge in [-0.2, -0.15) is 0 Å². The first-order valence-corrected chi connectivity index (χ1v) is 11.4. The Labute approximate surface area is 175 Å². The van der Waals surface area contributed by atoms with Gasteiger partial charge in [-0.05, 0) is 85.6 Å². The monoisotopic (exact) mass is 387 g/mol. The number of aryl methyl sites for hydroxylation is 1. The molecule has 3 aliphatic rings. The summed E-state index contributed by atoms with van der Waals surface area (Å²) in [6, 6.07) is 17.4. The number of aliphatic hydroxyl groups excluding tert-OH is 1. The number of piperidine rings is 1. The van der Waals surface area contributed by atoms with Gasteiger partial charge in [0.15, 0.2) is 0 Å². The molecule has 1 spiro atoms. The van der Waals surface area contributed by atoms with Crippen molar-refractivity contribution in [1.82, 2.24) is 4.90 Å². The highest BCUT2D eigenvalue weighted by Gasteiger charge is 2.57. The maximum Gasteiger partial charge on any atom is 0.115 e. The summed E-state index contributed by atoms with van der Waals surface area (Å²) >= 11 is 0. The topological polar surface area (TPSA) is 23.5 Å². The second kappa shape index (κ2) is 7.65. The minimum atomic E-state index is 0.149. The van der Waals surface area contributed by atoms with Crippen molar-refractivity contribution in [2.45, 2.75) is 56.9 Å². The lowest BCUT2D eigenvalue weighted by Crippen LogP contribution is -2.33. The van der Waals surface area contributed by atoms with Gasteiger partial charge in [0.25, 0.3) is 0 Å². The zero-order valence-corrected chi connectivity index (χ0v) is 17.4. The normalized spacial score (nSPS) is 26.6. The van der Waals surface area contributed by atoms with E-state index in [1.807, 2.05) is 12.1 Å². The van der Waals surface area contributed by atoms with Crippen LogP contribution < -0.4 is 0 Å². The molecule has 0 aromatic heterocycles. The molecule has 2 unspecified atom stereocenters. The van der Waals surface area contributed by atoms with Crippen LogP contribution in [-0.2, 0) is 18.4 Å². The van der Waals surface area contributed by atoms with Gasteiger partial charge < -0.3 is 5.11 Å². The van der Waals surface area contributed by atoms with Gasteiger partial charge in [-0.25, -0.2) is 0 Å². The van der Waals surface area contributed by atoms with E-state index in [1.165, 1.54) is 63.6 Å². The van der Waals surface area contributed by atoms with E-state index >= 15 is 0 Å². The Morgan fingerprint density at radius 1 is 1.03 bits per heavy atom. The number of hydrogen-bond acceptors (Lipinski definition) is 2. The number of fused-ring (bicyclic) bond motifs is 2. The number of nitrogens with zero attached hydrogens (tertiary/aromatic N) is 1. The summed E-state index contributed by atoms with van der Waals surface area (Å²) in [6.45, 7) is 7.05. The molecule has 2 aromatic carbocycles. The molecule has 0 radical (unpaired) electrons. The lowest BCUT2D eigenvalue weighted by atomic mass is 9.88. The van der Waals surface area contributed by atoms with Gasteiger partial charge in [0.05, 0.1) is 0 Å². The molecule has 1 heterocycles. The standard InChI is InChI=1S/C27H33NO/c1-20(29)23-9-6-22(7-10-23)19-28-16-13-21(14-17-28)8-11-25-18-27(25)15-12-24-4-2-3-5-26(24)27/h2-7,9-10,21,25,29H,1,8,11-19H2. The summed E-state index contributed by atoms with van der Waals surface area (Å²) in [5, 5.41) is 9.47. The predicted octanol–water partition coefficient (Wildman–Crippen LogP) is 6.11. The van der Waals surface area contributed by atoms with Crippen LogP contribution >= 0.6 is 0 Å². The summed E-state index contributed by atoms with van der Waals surface area (Å²) in [7, 11) is 0. The summed E-state index contributed by atoms with van der Waals surface area (Å²) in [6.07, 6.45) is 9.71. The third-order valence-corrected chi connectivity index (χ3v) is 7.95. The highest BCUT2D eigenvalue weighted by molar-refractivity contribution is 5.55. The molecule has 1 saturated carbocycles. The molecule has 1 saturated heterocycles. The van der Waals surface area contributed by atoms with Gasteiger partial charge in [0.2, 0.25) is 0 Å². The lowest BCUT2D eigenvalue weighted by Gasteiger charge is -2.32. The Balaban J connectivity index is 1.07. The summed E-state index contributed by atoms with van der Waals surface area (Å²) in [5.74, 6) is 2.01. The van der Waals surface area contributed by atoms with Crippen molar-refractivity contribution in [2.24, 2.45) is 11.8 Å². The molecule has 29 heavy (non-hydrogen) atoms. The summed E-state index contributed by atoms with van der Waals surface area (Å²) < 4.78 is 0. The fourth-order valence-electron chi connectivity index (χ4n) is 6.04. The predicted molar refractivity (Wildman–Crippen MR) is 120 cm³/mol. The van der Waals surface area contributed by atoms with E-state index in [4.69, 9.17) is 0 Å². The van der Waals surface area contributed by atoms with Gasteiger partial charge >= 0.3 is 0 Å². The Kier molecular flexibility index (Phi) is 4.99. The molecule has 1 aliphatic heterocycles. The fourth-order valence-corrected chi connectivity index (χ4v) is 6.04. The van der Waals surface area contributed by atoms with Gasteiger partial charge in [-0.1, -0.05) is 61.5 Å². The number of aliphatic hydroxyl groups is 1. The molecule has 0 amide bonds. The van der Waals surface area contributed by atoms with Crippen LogP contribution in [0.3, 0.4) is 0 Å². The second-order valence-corrected chi connectivity index (χ2v) is 9.65. The summed E-state index contributed by atoms with van der Waals surface area (Å²) in [5.41, 5.74) is 6.03. The Morgan fingerprint density at radius 3 is 2.55 bits per heavy atom. The van der Waals surface area contributed by atoms with Gasteiger partial charge in [-0.15, -0.1) is 0 Å². The van der Waals surface area contributed by atoms with Crippen LogP contribution in [0.1, 0.15) is 60.8 Å². The largest absolute Gasteiger partial charge is 0.508 e. The first-order valence-electron chi connectivity index (χ1n) is 11.4. The number of benzene rings is 2. The Bertz CT molecular complexity index is 878. The van der Waals surface area contributed by atoms with Crippen LogP contribution in [0.5, 0.6) is 0 Å². The molecule has 2 aliphatic carbocycles. The molecule has 0 bridgehead atoms. The molecule has 152 valence electrons. The third kappa shape index (κ3) is 3.75. The maximum absolute atomic E-state index is 9.47. The third-order valence-electron chi connectivity index (χ3n) is 7.95. The van der Waals surface area contributed by atoms with Crippen LogP contribution in [0.15, 0.2) is 55.1 Å². The van der Waals surface area contributed by atoms with Crippen LogP contribution in [0.2, 0.25) is 0 Å². The highest BCUT2D eigenvalue weighted by Crippen LogP contribution is 2.63. The molecule has 2 nitrogen and oxygen atoms in total. The average molecular weight is 388 g/mol. The van der Waals surface area contributed by atoms with E-state index in [2.05, 4.69) is 47.9 Å². The molecular weight excluding hydrogens is 354 g/mol. The van der Waals surface area contributed by atoms with Gasteiger partial charge in [-0.3, -0.25) is 4.90 Å². The van der Waals surface area contributed by atoms with E-state index in [0.29, 0.717) is 5.41 Å². The molecule has 5 rings (SSSR count). The van der Waals surface area contributed by atoms with Crippen molar-refractivity contribution in [3.8, 4) is 0 Å². The first-order chi connectivity index (χ1) is 14.1. The zero-order valence-electron chi connectivity index (χ0n) is 17.4. The van der Waals surface area contributed by atoms with Crippen molar-refractivity contribution in [3.05, 3.63) is 77.4 Å². The van der Waals surface area contributed by atoms with E-state index in [0.717, 1.165) is 23.9 Å². The van der Waals surface area contributed by atoms with E-state index in [-0.39, 0.29) is 5.76 Å². The van der Waals surface area contributed by atoms with Crippen molar-refractivity contribution in [1.29, 1.82) is 0 Å². The molecule has 2 heteroatoms. The molecule has 1 N–H and O–H groups in total. The fraction of sp³-hybridized carbons (Fsp3) is 0.481. The van der Waals surface area contributed by atoms with Gasteiger partial charge in [0.1, 0.15) is 5.76 Å². The van der Waals surface area contributed by atoms with E-state index < -0.39 is 0 Å². The van der Waals surface area contributed by atoms with Crippen LogP contribution in [0, 0.1) is 11.8 Å². The van der Waals surface area contributed by atoms with Crippen molar-refractivity contribution in [3.63, 3.8) is 0 Å². The van der Waals surface area contributed by atoms with E-state index in [9.17, 15) is 5.11 Å².